The van der Waals surface area contributed by atoms with Crippen LogP contribution in [0.3, 0.4) is 0 Å². The van der Waals surface area contributed by atoms with Crippen molar-refractivity contribution in [3.05, 3.63) is 30.1 Å². The first-order valence-corrected chi connectivity index (χ1v) is 7.41. The summed E-state index contributed by atoms with van der Waals surface area (Å²) in [5.41, 5.74) is 0.620. The second-order valence-corrected chi connectivity index (χ2v) is 6.22. The largest absolute Gasteiger partial charge is 0.351 e. The normalized spacial score (nSPS) is 18.9. The van der Waals surface area contributed by atoms with Gasteiger partial charge >= 0.3 is 0 Å². The molecule has 1 atom stereocenters. The molecule has 1 fully saturated rings. The van der Waals surface area contributed by atoms with Crippen LogP contribution >= 0.6 is 0 Å². The Kier molecular flexibility index (Phi) is 4.60. The van der Waals surface area contributed by atoms with E-state index in [0.717, 1.165) is 12.1 Å². The Morgan fingerprint density at radius 2 is 2.24 bits per heavy atom. The number of nitrogens with zero attached hydrogens (tertiary/aromatic N) is 2. The van der Waals surface area contributed by atoms with E-state index in [-0.39, 0.29) is 23.3 Å². The maximum absolute atomic E-state index is 12.3. The molecule has 2 amide bonds. The fourth-order valence-corrected chi connectivity index (χ4v) is 2.31. The van der Waals surface area contributed by atoms with E-state index < -0.39 is 0 Å². The van der Waals surface area contributed by atoms with Crippen LogP contribution in [0.4, 0.5) is 0 Å². The molecule has 2 heterocycles. The molecular formula is C16H23N3O2. The number of hydrogen-bond donors (Lipinski definition) is 1. The van der Waals surface area contributed by atoms with E-state index in [2.05, 4.69) is 10.3 Å². The molecule has 1 aliphatic heterocycles. The van der Waals surface area contributed by atoms with Gasteiger partial charge in [-0.25, -0.2) is 0 Å². The average Bonchev–Trinajstić information content (AvgIpc) is 2.81. The van der Waals surface area contributed by atoms with Gasteiger partial charge in [0.1, 0.15) is 0 Å². The number of aromatic nitrogens is 1. The topological polar surface area (TPSA) is 62.3 Å². The number of pyridine rings is 1. The summed E-state index contributed by atoms with van der Waals surface area (Å²) in [6, 6.07) is 5.64. The second kappa shape index (κ2) is 6.24. The highest BCUT2D eigenvalue weighted by Crippen LogP contribution is 2.21. The number of carbonyl (C=O) groups is 2. The number of carbonyl (C=O) groups excluding carboxylic acids is 2. The fourth-order valence-electron chi connectivity index (χ4n) is 2.31. The SMILES string of the molecule is CCC(C)(C)NC(=O)[C@@H]1CC(=O)N(Cc2ccccn2)C1. The standard InChI is InChI=1S/C16H23N3O2/c1-4-16(2,3)18-15(21)12-9-14(20)19(10-12)11-13-7-5-6-8-17-13/h5-8,12H,4,9-11H2,1-3H3,(H,18,21)/t12-/m1/s1. The molecule has 0 bridgehead atoms. The summed E-state index contributed by atoms with van der Waals surface area (Å²) >= 11 is 0. The maximum Gasteiger partial charge on any atom is 0.225 e. The molecule has 1 N–H and O–H groups in total. The Morgan fingerprint density at radius 1 is 1.48 bits per heavy atom. The Balaban J connectivity index is 1.95. The first-order valence-electron chi connectivity index (χ1n) is 7.41. The van der Waals surface area contributed by atoms with Crippen LogP contribution < -0.4 is 5.32 Å². The lowest BCUT2D eigenvalue weighted by atomic mass is 9.99. The van der Waals surface area contributed by atoms with Gasteiger partial charge < -0.3 is 10.2 Å². The average molecular weight is 289 g/mol. The summed E-state index contributed by atoms with van der Waals surface area (Å²) in [5, 5.41) is 3.02. The minimum absolute atomic E-state index is 0.0232. The van der Waals surface area contributed by atoms with Gasteiger partial charge in [-0.2, -0.15) is 0 Å². The summed E-state index contributed by atoms with van der Waals surface area (Å²) in [4.78, 5) is 30.2. The van der Waals surface area contributed by atoms with Gasteiger partial charge in [0, 0.05) is 24.7 Å². The zero-order chi connectivity index (χ0) is 15.5. The van der Waals surface area contributed by atoms with Gasteiger partial charge in [0.05, 0.1) is 18.2 Å². The Morgan fingerprint density at radius 3 is 2.86 bits per heavy atom. The lowest BCUT2D eigenvalue weighted by molar-refractivity contribution is -0.129. The van der Waals surface area contributed by atoms with Crippen molar-refractivity contribution in [3.63, 3.8) is 0 Å². The van der Waals surface area contributed by atoms with E-state index >= 15 is 0 Å². The van der Waals surface area contributed by atoms with Crippen molar-refractivity contribution in [1.29, 1.82) is 0 Å². The van der Waals surface area contributed by atoms with Crippen molar-refractivity contribution in [1.82, 2.24) is 15.2 Å². The lowest BCUT2D eigenvalue weighted by Gasteiger charge is -2.26. The predicted octanol–water partition coefficient (Wildman–Crippen LogP) is 1.73. The fraction of sp³-hybridized carbons (Fsp3) is 0.562. The van der Waals surface area contributed by atoms with E-state index in [1.165, 1.54) is 0 Å². The molecule has 0 spiro atoms. The number of likely N-dealkylation sites (tertiary alicyclic amines) is 1. The molecule has 5 nitrogen and oxygen atoms in total. The van der Waals surface area contributed by atoms with Crippen molar-refractivity contribution in [2.24, 2.45) is 5.92 Å². The molecule has 1 saturated heterocycles. The van der Waals surface area contributed by atoms with Crippen LogP contribution in [-0.4, -0.2) is 33.8 Å². The predicted molar refractivity (Wildman–Crippen MR) is 80.3 cm³/mol. The second-order valence-electron chi connectivity index (χ2n) is 6.22. The van der Waals surface area contributed by atoms with Crippen LogP contribution in [0.1, 0.15) is 39.3 Å². The Hall–Kier alpha value is -1.91. The summed E-state index contributed by atoms with van der Waals surface area (Å²) in [6.07, 6.45) is 2.86. The Bertz CT molecular complexity index is 514. The highest BCUT2D eigenvalue weighted by Gasteiger charge is 2.35. The minimum atomic E-state index is -0.257. The molecule has 0 aliphatic carbocycles. The number of rotatable bonds is 5. The molecule has 0 saturated carbocycles. The van der Waals surface area contributed by atoms with Crippen molar-refractivity contribution in [2.75, 3.05) is 6.54 Å². The maximum atomic E-state index is 12.3. The van der Waals surface area contributed by atoms with Gasteiger partial charge in [0.25, 0.3) is 0 Å². The summed E-state index contributed by atoms with van der Waals surface area (Å²) in [7, 11) is 0. The van der Waals surface area contributed by atoms with Crippen LogP contribution in [0, 0.1) is 5.92 Å². The van der Waals surface area contributed by atoms with E-state index in [4.69, 9.17) is 0 Å². The van der Waals surface area contributed by atoms with Crippen molar-refractivity contribution >= 4 is 11.8 Å². The molecule has 1 aliphatic rings. The zero-order valence-electron chi connectivity index (χ0n) is 12.9. The van der Waals surface area contributed by atoms with Crippen LogP contribution in [-0.2, 0) is 16.1 Å². The zero-order valence-corrected chi connectivity index (χ0v) is 12.9. The minimum Gasteiger partial charge on any atom is -0.351 e. The first kappa shape index (κ1) is 15.5. The molecule has 2 rings (SSSR count). The molecule has 0 unspecified atom stereocenters. The number of nitrogens with one attached hydrogen (secondary N) is 1. The molecule has 21 heavy (non-hydrogen) atoms. The van der Waals surface area contributed by atoms with Crippen molar-refractivity contribution < 1.29 is 9.59 Å². The van der Waals surface area contributed by atoms with Gasteiger partial charge in [-0.3, -0.25) is 14.6 Å². The first-order chi connectivity index (χ1) is 9.91. The van der Waals surface area contributed by atoms with Gasteiger partial charge in [0.15, 0.2) is 0 Å². The molecule has 1 aromatic heterocycles. The third kappa shape index (κ3) is 4.03. The summed E-state index contributed by atoms with van der Waals surface area (Å²) < 4.78 is 0. The van der Waals surface area contributed by atoms with E-state index in [1.54, 1.807) is 11.1 Å². The summed E-state index contributed by atoms with van der Waals surface area (Å²) in [5.74, 6) is -0.263. The highest BCUT2D eigenvalue weighted by molar-refractivity contribution is 5.89. The molecule has 0 aromatic carbocycles. The van der Waals surface area contributed by atoms with Crippen LogP contribution in [0.15, 0.2) is 24.4 Å². The highest BCUT2D eigenvalue weighted by atomic mass is 16.2. The van der Waals surface area contributed by atoms with E-state index in [9.17, 15) is 9.59 Å². The van der Waals surface area contributed by atoms with Crippen LogP contribution in [0.25, 0.3) is 0 Å². The molecule has 5 heteroatoms. The number of hydrogen-bond acceptors (Lipinski definition) is 3. The van der Waals surface area contributed by atoms with Crippen LogP contribution in [0.2, 0.25) is 0 Å². The smallest absolute Gasteiger partial charge is 0.225 e. The molecule has 1 aromatic rings. The van der Waals surface area contributed by atoms with Crippen molar-refractivity contribution in [2.45, 2.75) is 45.7 Å². The molecule has 114 valence electrons. The van der Waals surface area contributed by atoms with Crippen LogP contribution in [0.5, 0.6) is 0 Å². The van der Waals surface area contributed by atoms with E-state index in [0.29, 0.717) is 19.5 Å². The van der Waals surface area contributed by atoms with Gasteiger partial charge in [-0.05, 0) is 32.4 Å². The van der Waals surface area contributed by atoms with Gasteiger partial charge in [-0.1, -0.05) is 13.0 Å². The number of amides is 2. The van der Waals surface area contributed by atoms with Crippen molar-refractivity contribution in [3.8, 4) is 0 Å². The molecular weight excluding hydrogens is 266 g/mol. The Labute approximate surface area is 125 Å². The van der Waals surface area contributed by atoms with Gasteiger partial charge in [0.2, 0.25) is 11.8 Å². The lowest BCUT2D eigenvalue weighted by Crippen LogP contribution is -2.46. The van der Waals surface area contributed by atoms with Gasteiger partial charge in [-0.15, -0.1) is 0 Å². The molecule has 0 radical (unpaired) electrons. The third-order valence-electron chi connectivity index (χ3n) is 4.01. The summed E-state index contributed by atoms with van der Waals surface area (Å²) in [6.45, 7) is 6.97. The van der Waals surface area contributed by atoms with E-state index in [1.807, 2.05) is 39.0 Å². The third-order valence-corrected chi connectivity index (χ3v) is 4.01. The monoisotopic (exact) mass is 289 g/mol. The quantitative estimate of drug-likeness (QED) is 0.898.